The fourth-order valence-electron chi connectivity index (χ4n) is 2.00. The van der Waals surface area contributed by atoms with Crippen molar-refractivity contribution in [2.24, 2.45) is 0 Å². The zero-order valence-corrected chi connectivity index (χ0v) is 12.1. The first-order valence-electron chi connectivity index (χ1n) is 6.23. The molecule has 0 atom stereocenters. The van der Waals surface area contributed by atoms with Crippen molar-refractivity contribution in [1.29, 1.82) is 0 Å². The van der Waals surface area contributed by atoms with Gasteiger partial charge in [0.25, 0.3) is 10.0 Å². The molecule has 0 radical (unpaired) electrons. The Kier molecular flexibility index (Phi) is 4.04. The van der Waals surface area contributed by atoms with Gasteiger partial charge in [-0.05, 0) is 31.2 Å². The molecule has 0 bridgehead atoms. The molecule has 0 aliphatic carbocycles. The zero-order valence-electron chi connectivity index (χ0n) is 11.3. The van der Waals surface area contributed by atoms with Crippen molar-refractivity contribution >= 4 is 21.4 Å². The van der Waals surface area contributed by atoms with Gasteiger partial charge in [0.2, 0.25) is 0 Å². The van der Waals surface area contributed by atoms with Crippen LogP contribution in [0.4, 0.5) is 15.8 Å². The molecule has 7 heteroatoms. The van der Waals surface area contributed by atoms with Crippen molar-refractivity contribution in [3.05, 3.63) is 48.3 Å². The van der Waals surface area contributed by atoms with E-state index in [2.05, 4.69) is 0 Å². The molecule has 0 unspecified atom stereocenters. The fraction of sp³-hybridized carbons (Fsp3) is 0.143. The van der Waals surface area contributed by atoms with Crippen molar-refractivity contribution in [2.45, 2.75) is 11.8 Å². The Labute approximate surface area is 122 Å². The summed E-state index contributed by atoms with van der Waals surface area (Å²) in [5.41, 5.74) is 5.40. The molecule has 0 aliphatic rings. The molecule has 2 aromatic rings. The topological polar surface area (TPSA) is 83.6 Å². The van der Waals surface area contributed by atoms with E-state index in [-0.39, 0.29) is 22.9 Å². The van der Waals surface area contributed by atoms with Crippen LogP contribution in [0.3, 0.4) is 0 Å². The lowest BCUT2D eigenvalue weighted by Crippen LogP contribution is -2.31. The first kappa shape index (κ1) is 15.1. The fourth-order valence-corrected chi connectivity index (χ4v) is 3.59. The molecule has 0 aromatic heterocycles. The SMILES string of the molecule is CCN(c1cccc(O)c1)S(=O)(=O)c1cccc(F)c1N. The number of para-hydroxylation sites is 1. The summed E-state index contributed by atoms with van der Waals surface area (Å²) in [6, 6.07) is 9.44. The molecule has 0 saturated carbocycles. The van der Waals surface area contributed by atoms with Gasteiger partial charge in [0.15, 0.2) is 0 Å². The minimum atomic E-state index is -4.02. The highest BCUT2D eigenvalue weighted by molar-refractivity contribution is 7.93. The highest BCUT2D eigenvalue weighted by Gasteiger charge is 2.27. The Morgan fingerprint density at radius 3 is 2.52 bits per heavy atom. The summed E-state index contributed by atoms with van der Waals surface area (Å²) in [5, 5.41) is 9.49. The van der Waals surface area contributed by atoms with Crippen molar-refractivity contribution in [3.63, 3.8) is 0 Å². The monoisotopic (exact) mass is 310 g/mol. The number of aromatic hydroxyl groups is 1. The van der Waals surface area contributed by atoms with Gasteiger partial charge in [0, 0.05) is 12.6 Å². The molecule has 112 valence electrons. The van der Waals surface area contributed by atoms with Gasteiger partial charge in [-0.2, -0.15) is 0 Å². The van der Waals surface area contributed by atoms with Crippen LogP contribution in [0.5, 0.6) is 5.75 Å². The molecule has 2 aromatic carbocycles. The van der Waals surface area contributed by atoms with Crippen LogP contribution in [0.1, 0.15) is 6.92 Å². The molecule has 0 fully saturated rings. The van der Waals surface area contributed by atoms with Gasteiger partial charge in [0.1, 0.15) is 16.5 Å². The van der Waals surface area contributed by atoms with Crippen molar-refractivity contribution < 1.29 is 17.9 Å². The first-order chi connectivity index (χ1) is 9.87. The normalized spacial score (nSPS) is 11.3. The lowest BCUT2D eigenvalue weighted by atomic mass is 10.3. The predicted molar refractivity (Wildman–Crippen MR) is 79.1 cm³/mol. The van der Waals surface area contributed by atoms with Crippen LogP contribution in [-0.2, 0) is 10.0 Å². The van der Waals surface area contributed by atoms with E-state index in [1.165, 1.54) is 36.4 Å². The number of nitrogen functional groups attached to an aromatic ring is 1. The highest BCUT2D eigenvalue weighted by Crippen LogP contribution is 2.29. The smallest absolute Gasteiger partial charge is 0.266 e. The number of rotatable bonds is 4. The van der Waals surface area contributed by atoms with E-state index in [4.69, 9.17) is 5.73 Å². The summed E-state index contributed by atoms with van der Waals surface area (Å²) in [5.74, 6) is -0.851. The van der Waals surface area contributed by atoms with Crippen LogP contribution in [0.25, 0.3) is 0 Å². The van der Waals surface area contributed by atoms with Crippen LogP contribution in [-0.4, -0.2) is 20.1 Å². The molecular weight excluding hydrogens is 295 g/mol. The Morgan fingerprint density at radius 2 is 1.90 bits per heavy atom. The number of sulfonamides is 1. The quantitative estimate of drug-likeness (QED) is 0.849. The Bertz CT molecular complexity index is 763. The van der Waals surface area contributed by atoms with Crippen LogP contribution < -0.4 is 10.0 Å². The third-order valence-corrected chi connectivity index (χ3v) is 4.95. The van der Waals surface area contributed by atoms with E-state index in [1.54, 1.807) is 6.92 Å². The predicted octanol–water partition coefficient (Wildman–Crippen LogP) is 2.33. The second-order valence-corrected chi connectivity index (χ2v) is 6.17. The standard InChI is InChI=1S/C14H15FN2O3S/c1-2-17(10-5-3-6-11(18)9-10)21(19,20)13-8-4-7-12(15)14(13)16/h3-9,18H,2,16H2,1H3. The summed E-state index contributed by atoms with van der Waals surface area (Å²) in [4.78, 5) is -0.298. The molecular formula is C14H15FN2O3S. The molecule has 0 heterocycles. The molecule has 3 N–H and O–H groups in total. The number of hydrogen-bond donors (Lipinski definition) is 2. The third kappa shape index (κ3) is 2.78. The van der Waals surface area contributed by atoms with Gasteiger partial charge in [-0.3, -0.25) is 4.31 Å². The zero-order chi connectivity index (χ0) is 15.6. The van der Waals surface area contributed by atoms with Crippen molar-refractivity contribution in [3.8, 4) is 5.75 Å². The Morgan fingerprint density at radius 1 is 1.24 bits per heavy atom. The number of nitrogens with two attached hydrogens (primary N) is 1. The average molecular weight is 310 g/mol. The lowest BCUT2D eigenvalue weighted by molar-refractivity contribution is 0.475. The van der Waals surface area contributed by atoms with Gasteiger partial charge in [-0.15, -0.1) is 0 Å². The largest absolute Gasteiger partial charge is 0.508 e. The summed E-state index contributed by atoms with van der Waals surface area (Å²) in [6.45, 7) is 1.75. The number of nitrogens with zero attached hydrogens (tertiary/aromatic N) is 1. The molecule has 0 amide bonds. The van der Waals surface area contributed by atoms with Gasteiger partial charge in [-0.1, -0.05) is 12.1 Å². The second kappa shape index (κ2) is 5.61. The number of anilines is 2. The number of phenols is 1. The summed E-state index contributed by atoms with van der Waals surface area (Å²) in [6.07, 6.45) is 0. The number of halogens is 1. The van der Waals surface area contributed by atoms with Crippen molar-refractivity contribution in [1.82, 2.24) is 0 Å². The summed E-state index contributed by atoms with van der Waals surface area (Å²) >= 11 is 0. The molecule has 2 rings (SSSR count). The van der Waals surface area contributed by atoms with E-state index in [0.29, 0.717) is 0 Å². The number of phenolic OH excluding ortho intramolecular Hbond substituents is 1. The Balaban J connectivity index is 2.58. The second-order valence-electron chi connectivity index (χ2n) is 4.34. The maximum absolute atomic E-state index is 13.5. The van der Waals surface area contributed by atoms with Gasteiger partial charge in [-0.25, -0.2) is 12.8 Å². The van der Waals surface area contributed by atoms with Gasteiger partial charge in [0.05, 0.1) is 11.4 Å². The van der Waals surface area contributed by atoms with Crippen LogP contribution in [0.15, 0.2) is 47.4 Å². The van der Waals surface area contributed by atoms with Gasteiger partial charge < -0.3 is 10.8 Å². The minimum absolute atomic E-state index is 0.0617. The van der Waals surface area contributed by atoms with E-state index in [0.717, 1.165) is 10.4 Å². The van der Waals surface area contributed by atoms with Gasteiger partial charge >= 0.3 is 0 Å². The summed E-state index contributed by atoms with van der Waals surface area (Å²) < 4.78 is 39.8. The lowest BCUT2D eigenvalue weighted by Gasteiger charge is -2.23. The molecule has 0 spiro atoms. The average Bonchev–Trinajstić information content (AvgIpc) is 2.42. The minimum Gasteiger partial charge on any atom is -0.508 e. The molecule has 0 saturated heterocycles. The van der Waals surface area contributed by atoms with Crippen LogP contribution in [0.2, 0.25) is 0 Å². The molecule has 0 aliphatic heterocycles. The number of hydrogen-bond acceptors (Lipinski definition) is 4. The van der Waals surface area contributed by atoms with Crippen molar-refractivity contribution in [2.75, 3.05) is 16.6 Å². The summed E-state index contributed by atoms with van der Waals surface area (Å²) in [7, 11) is -4.02. The van der Waals surface area contributed by atoms with E-state index >= 15 is 0 Å². The Hall–Kier alpha value is -2.28. The highest BCUT2D eigenvalue weighted by atomic mass is 32.2. The molecule has 5 nitrogen and oxygen atoms in total. The van der Waals surface area contributed by atoms with Crippen LogP contribution in [0, 0.1) is 5.82 Å². The van der Waals surface area contributed by atoms with E-state index in [1.807, 2.05) is 0 Å². The van der Waals surface area contributed by atoms with E-state index < -0.39 is 21.5 Å². The first-order valence-corrected chi connectivity index (χ1v) is 7.67. The molecule has 21 heavy (non-hydrogen) atoms. The van der Waals surface area contributed by atoms with Crippen LogP contribution >= 0.6 is 0 Å². The third-order valence-electron chi connectivity index (χ3n) is 2.99. The maximum Gasteiger partial charge on any atom is 0.266 e. The van der Waals surface area contributed by atoms with E-state index in [9.17, 15) is 17.9 Å². The number of benzene rings is 2. The maximum atomic E-state index is 13.5.